The number of nitrogens with one attached hydrogen (secondary N) is 1. The molecule has 0 aliphatic carbocycles. The van der Waals surface area contributed by atoms with Crippen molar-refractivity contribution in [2.24, 2.45) is 4.99 Å². The summed E-state index contributed by atoms with van der Waals surface area (Å²) in [6.45, 7) is -0.310. The van der Waals surface area contributed by atoms with Crippen LogP contribution in [0.5, 0.6) is 5.88 Å². The quantitative estimate of drug-likeness (QED) is 0.346. The van der Waals surface area contributed by atoms with E-state index in [2.05, 4.69) is 4.98 Å². The Bertz CT molecular complexity index is 1550. The number of aromatic nitrogens is 1. The van der Waals surface area contributed by atoms with Crippen LogP contribution in [0.3, 0.4) is 0 Å². The second kappa shape index (κ2) is 10.0. The number of anilines is 1. The van der Waals surface area contributed by atoms with Gasteiger partial charge in [-0.05, 0) is 36.4 Å². The molecule has 4 aromatic rings. The van der Waals surface area contributed by atoms with Gasteiger partial charge >= 0.3 is 0 Å². The monoisotopic (exact) mass is 524 g/mol. The fourth-order valence-corrected chi connectivity index (χ4v) is 4.76. The molecule has 0 aliphatic rings. The zero-order valence-corrected chi connectivity index (χ0v) is 21.5. The van der Waals surface area contributed by atoms with E-state index in [-0.39, 0.29) is 18.3 Å². The van der Waals surface area contributed by atoms with E-state index in [9.17, 15) is 18.3 Å². The van der Waals surface area contributed by atoms with Gasteiger partial charge in [-0.15, -0.1) is 0 Å². The number of aromatic hydroxyl groups is 1. The molecule has 1 aromatic heterocycles. The van der Waals surface area contributed by atoms with E-state index in [1.54, 1.807) is 50.5 Å². The molecular formula is C26H25ClN4O4S. The molecule has 0 aliphatic heterocycles. The summed E-state index contributed by atoms with van der Waals surface area (Å²) in [4.78, 5) is 21.3. The number of aliphatic imine (C=N–C) groups is 1. The number of hydrogen-bond acceptors (Lipinski definition) is 5. The average Bonchev–Trinajstić information content (AvgIpc) is 3.15. The molecule has 10 heteroatoms. The fourth-order valence-electron chi connectivity index (χ4n) is 3.74. The number of H-pyrrole nitrogens is 1. The molecule has 2 N–H and O–H groups in total. The molecule has 0 atom stereocenters. The highest BCUT2D eigenvalue weighted by atomic mass is 35.5. The van der Waals surface area contributed by atoms with Gasteiger partial charge < -0.3 is 15.0 Å². The zero-order valence-electron chi connectivity index (χ0n) is 19.9. The van der Waals surface area contributed by atoms with Crippen molar-refractivity contribution in [3.8, 4) is 5.88 Å². The van der Waals surface area contributed by atoms with Crippen molar-refractivity contribution in [3.05, 3.63) is 88.9 Å². The Balaban J connectivity index is 1.80. The predicted molar refractivity (Wildman–Crippen MR) is 144 cm³/mol. The number of benzene rings is 3. The summed E-state index contributed by atoms with van der Waals surface area (Å²) in [5.74, 6) is -0.388. The average molecular weight is 525 g/mol. The molecule has 0 saturated heterocycles. The lowest BCUT2D eigenvalue weighted by Gasteiger charge is -2.23. The van der Waals surface area contributed by atoms with E-state index >= 15 is 0 Å². The normalized spacial score (nSPS) is 12.1. The first-order valence-corrected chi connectivity index (χ1v) is 13.2. The minimum Gasteiger partial charge on any atom is -0.494 e. The van der Waals surface area contributed by atoms with Crippen LogP contribution in [0.15, 0.2) is 77.8 Å². The maximum Gasteiger partial charge on any atom is 0.242 e. The van der Waals surface area contributed by atoms with E-state index in [0.717, 1.165) is 21.5 Å². The molecule has 1 amide bonds. The summed E-state index contributed by atoms with van der Waals surface area (Å²) in [7, 11) is -0.554. The first-order valence-electron chi connectivity index (χ1n) is 11.0. The number of aromatic amines is 1. The highest BCUT2D eigenvalue weighted by Gasteiger charge is 2.22. The van der Waals surface area contributed by atoms with Crippen LogP contribution in [-0.4, -0.2) is 61.9 Å². The van der Waals surface area contributed by atoms with Gasteiger partial charge in [0.05, 0.1) is 34.4 Å². The summed E-state index contributed by atoms with van der Waals surface area (Å²) >= 11 is 6.13. The fraction of sp³-hybridized carbons (Fsp3) is 0.154. The Labute approximate surface area is 214 Å². The van der Waals surface area contributed by atoms with Crippen molar-refractivity contribution < 1.29 is 18.3 Å². The van der Waals surface area contributed by atoms with Crippen molar-refractivity contribution in [1.82, 2.24) is 9.88 Å². The molecule has 0 bridgehead atoms. The summed E-state index contributed by atoms with van der Waals surface area (Å²) in [6.07, 6.45) is 1.06. The minimum atomic E-state index is -3.69. The van der Waals surface area contributed by atoms with Crippen LogP contribution < -0.4 is 4.31 Å². The standard InChI is InChI=1S/C26H25ClN4O4S/c1-30(2)23(32)16-31(36(3,34)35)20-12-10-19(11-13-20)28-25(17-7-5-4-6-8-17)24-21-14-9-18(27)15-22(21)29-26(24)33/h4-15,29,33H,16H2,1-3H3. The van der Waals surface area contributed by atoms with E-state index in [4.69, 9.17) is 16.6 Å². The smallest absolute Gasteiger partial charge is 0.242 e. The van der Waals surface area contributed by atoms with Crippen LogP contribution >= 0.6 is 11.6 Å². The third-order valence-corrected chi connectivity index (χ3v) is 6.96. The molecule has 3 aromatic carbocycles. The summed E-state index contributed by atoms with van der Waals surface area (Å²) in [6, 6.07) is 21.2. The number of likely N-dealkylation sites (N-methyl/N-ethyl adjacent to an activating group) is 1. The number of hydrogen-bond donors (Lipinski definition) is 2. The van der Waals surface area contributed by atoms with Crippen LogP contribution in [0.1, 0.15) is 11.1 Å². The molecule has 0 saturated carbocycles. The molecule has 0 fully saturated rings. The Morgan fingerprint density at radius 2 is 1.69 bits per heavy atom. The van der Waals surface area contributed by atoms with Crippen molar-refractivity contribution in [2.45, 2.75) is 0 Å². The van der Waals surface area contributed by atoms with E-state index in [1.165, 1.54) is 4.90 Å². The molecule has 0 spiro atoms. The Morgan fingerprint density at radius 3 is 2.31 bits per heavy atom. The molecule has 186 valence electrons. The number of nitrogens with zero attached hydrogens (tertiary/aromatic N) is 3. The van der Waals surface area contributed by atoms with Crippen molar-refractivity contribution >= 4 is 55.5 Å². The third kappa shape index (κ3) is 5.37. The Kier molecular flexibility index (Phi) is 7.05. The molecule has 8 nitrogen and oxygen atoms in total. The van der Waals surface area contributed by atoms with Crippen LogP contribution in [0.2, 0.25) is 5.02 Å². The summed E-state index contributed by atoms with van der Waals surface area (Å²) in [5.41, 5.74) is 3.37. The van der Waals surface area contributed by atoms with Crippen LogP contribution in [0, 0.1) is 0 Å². The predicted octanol–water partition coefficient (Wildman–Crippen LogP) is 4.55. The van der Waals surface area contributed by atoms with Crippen LogP contribution in [-0.2, 0) is 14.8 Å². The minimum absolute atomic E-state index is 0.0445. The highest BCUT2D eigenvalue weighted by molar-refractivity contribution is 7.92. The summed E-state index contributed by atoms with van der Waals surface area (Å²) < 4.78 is 25.8. The second-order valence-corrected chi connectivity index (χ2v) is 10.8. The lowest BCUT2D eigenvalue weighted by atomic mass is 10.0. The number of halogens is 1. The van der Waals surface area contributed by atoms with Crippen molar-refractivity contribution in [1.29, 1.82) is 0 Å². The lowest BCUT2D eigenvalue weighted by molar-refractivity contribution is -0.127. The number of rotatable bonds is 7. The third-order valence-electron chi connectivity index (χ3n) is 5.58. The molecule has 0 radical (unpaired) electrons. The van der Waals surface area contributed by atoms with Gasteiger partial charge in [-0.3, -0.25) is 9.10 Å². The van der Waals surface area contributed by atoms with Gasteiger partial charge in [0.1, 0.15) is 6.54 Å². The Morgan fingerprint density at radius 1 is 1.03 bits per heavy atom. The number of carbonyl (C=O) groups excluding carboxylic acids is 1. The lowest BCUT2D eigenvalue weighted by Crippen LogP contribution is -2.39. The number of sulfonamides is 1. The summed E-state index contributed by atoms with van der Waals surface area (Å²) in [5, 5.41) is 12.1. The van der Waals surface area contributed by atoms with Gasteiger partial charge in [0.15, 0.2) is 5.88 Å². The van der Waals surface area contributed by atoms with Gasteiger partial charge in [-0.1, -0.05) is 48.0 Å². The number of carbonyl (C=O) groups is 1. The molecule has 36 heavy (non-hydrogen) atoms. The van der Waals surface area contributed by atoms with Crippen LogP contribution in [0.25, 0.3) is 10.9 Å². The number of amides is 1. The first kappa shape index (κ1) is 25.3. The molecular weight excluding hydrogens is 500 g/mol. The SMILES string of the molecule is CN(C)C(=O)CN(c1ccc(N=C(c2ccccc2)c2c(O)[nH]c3cc(Cl)ccc23)cc1)S(C)(=O)=O. The van der Waals surface area contributed by atoms with Gasteiger partial charge in [-0.2, -0.15) is 0 Å². The van der Waals surface area contributed by atoms with Gasteiger partial charge in [0, 0.05) is 30.1 Å². The molecule has 1 heterocycles. The highest BCUT2D eigenvalue weighted by Crippen LogP contribution is 2.33. The Hall–Kier alpha value is -3.82. The maximum absolute atomic E-state index is 12.4. The van der Waals surface area contributed by atoms with Crippen LogP contribution in [0.4, 0.5) is 11.4 Å². The van der Waals surface area contributed by atoms with Gasteiger partial charge in [0.25, 0.3) is 0 Å². The van der Waals surface area contributed by atoms with E-state index in [0.29, 0.717) is 33.2 Å². The van der Waals surface area contributed by atoms with Crippen molar-refractivity contribution in [2.75, 3.05) is 31.2 Å². The van der Waals surface area contributed by atoms with E-state index < -0.39 is 10.0 Å². The first-order chi connectivity index (χ1) is 17.0. The second-order valence-electron chi connectivity index (χ2n) is 8.44. The van der Waals surface area contributed by atoms with E-state index in [1.807, 2.05) is 36.4 Å². The molecule has 4 rings (SSSR count). The molecule has 0 unspecified atom stereocenters. The zero-order chi connectivity index (χ0) is 26.0. The maximum atomic E-state index is 12.4. The number of fused-ring (bicyclic) bond motifs is 1. The topological polar surface area (TPSA) is 106 Å². The van der Waals surface area contributed by atoms with Gasteiger partial charge in [-0.25, -0.2) is 13.4 Å². The largest absolute Gasteiger partial charge is 0.494 e. The van der Waals surface area contributed by atoms with Gasteiger partial charge in [0.2, 0.25) is 15.9 Å². The van der Waals surface area contributed by atoms with Crippen molar-refractivity contribution in [3.63, 3.8) is 0 Å².